The Morgan fingerprint density at radius 3 is 2.50 bits per heavy atom. The number of carbonyl (C=O) groups excluding carboxylic acids is 1. The summed E-state index contributed by atoms with van der Waals surface area (Å²) in [5, 5.41) is 6.83. The minimum absolute atomic E-state index is 0.122. The van der Waals surface area contributed by atoms with Gasteiger partial charge in [0, 0.05) is 42.1 Å². The first-order chi connectivity index (χ1) is 19.3. The lowest BCUT2D eigenvalue weighted by Crippen LogP contribution is -2.47. The van der Waals surface area contributed by atoms with Crippen molar-refractivity contribution < 1.29 is 4.79 Å². The molecule has 2 aromatic heterocycles. The van der Waals surface area contributed by atoms with Gasteiger partial charge >= 0.3 is 0 Å². The van der Waals surface area contributed by atoms with Crippen LogP contribution in [-0.2, 0) is 6.42 Å². The number of thiazole rings is 1. The van der Waals surface area contributed by atoms with Gasteiger partial charge in [0.15, 0.2) is 0 Å². The third kappa shape index (κ3) is 5.65. The highest BCUT2D eigenvalue weighted by molar-refractivity contribution is 7.13. The van der Waals surface area contributed by atoms with Crippen molar-refractivity contribution >= 4 is 46.5 Å². The summed E-state index contributed by atoms with van der Waals surface area (Å²) in [6.07, 6.45) is 2.56. The highest BCUT2D eigenvalue weighted by Gasteiger charge is 2.27. The van der Waals surface area contributed by atoms with E-state index in [4.69, 9.17) is 28.2 Å². The Morgan fingerprint density at radius 2 is 1.82 bits per heavy atom. The summed E-state index contributed by atoms with van der Waals surface area (Å²) in [4.78, 5) is 35.2. The van der Waals surface area contributed by atoms with Gasteiger partial charge in [-0.25, -0.2) is 4.98 Å². The van der Waals surface area contributed by atoms with Crippen LogP contribution in [0.15, 0.2) is 64.3 Å². The second kappa shape index (κ2) is 12.1. The maximum atomic E-state index is 14.4. The smallest absolute Gasteiger partial charge is 0.265 e. The van der Waals surface area contributed by atoms with Crippen LogP contribution < -0.4 is 10.9 Å². The largest absolute Gasteiger partial charge is 0.336 e. The predicted octanol–water partition coefficient (Wildman–Crippen LogP) is 6.97. The number of rotatable bonds is 6. The maximum Gasteiger partial charge on any atom is 0.265 e. The van der Waals surface area contributed by atoms with E-state index in [-0.39, 0.29) is 11.5 Å². The second-order valence-corrected chi connectivity index (χ2v) is 11.6. The van der Waals surface area contributed by atoms with E-state index in [0.717, 1.165) is 35.5 Å². The van der Waals surface area contributed by atoms with Crippen LogP contribution in [0.25, 0.3) is 33.6 Å². The van der Waals surface area contributed by atoms with Gasteiger partial charge in [0.2, 0.25) is 0 Å². The van der Waals surface area contributed by atoms with Crippen molar-refractivity contribution in [3.05, 3.63) is 96.7 Å². The molecule has 3 heterocycles. The molecule has 9 heteroatoms. The number of carbonyl (C=O) groups is 1. The number of pyridine rings is 1. The zero-order valence-corrected chi connectivity index (χ0v) is 25.0. The van der Waals surface area contributed by atoms with Crippen molar-refractivity contribution in [1.29, 1.82) is 0 Å². The molecule has 1 amide bonds. The van der Waals surface area contributed by atoms with Crippen LogP contribution in [0.2, 0.25) is 10.0 Å². The SMILES string of the molecule is CCc1cccc(Cl)c1-n1c(C=C(C)C)c(C(=O)N2CCNCC2)cc(-c2nc(-c3ccc(Cl)cc3)cs2)c1=O. The monoisotopic (exact) mass is 592 g/mol. The molecule has 4 aromatic rings. The Labute approximate surface area is 247 Å². The number of halogens is 2. The Balaban J connectivity index is 1.80. The standard InChI is InChI=1S/C31H30Cl2N4O2S/c1-4-20-6-5-7-25(33)28(20)37-27(16-19(2)3)23(30(38)36-14-12-34-13-15-36)17-24(31(37)39)29-35-26(18-40-29)21-8-10-22(32)11-9-21/h5-11,16-18,34H,4,12-15H2,1-3H3. The fraction of sp³-hybridized carbons (Fsp3) is 0.258. The molecular weight excluding hydrogens is 563 g/mol. The van der Waals surface area contributed by atoms with Crippen LogP contribution >= 0.6 is 34.5 Å². The molecule has 0 unspecified atom stereocenters. The fourth-order valence-corrected chi connectivity index (χ4v) is 6.12. The van der Waals surface area contributed by atoms with E-state index in [1.165, 1.54) is 11.3 Å². The molecular formula is C31H30Cl2N4O2S. The van der Waals surface area contributed by atoms with Gasteiger partial charge in [-0.05, 0) is 56.2 Å². The lowest BCUT2D eigenvalue weighted by Gasteiger charge is -2.29. The van der Waals surface area contributed by atoms with Gasteiger partial charge in [-0.2, -0.15) is 0 Å². The molecule has 6 nitrogen and oxygen atoms in total. The molecule has 1 aliphatic heterocycles. The van der Waals surface area contributed by atoms with E-state index in [9.17, 15) is 9.59 Å². The van der Waals surface area contributed by atoms with Crippen molar-refractivity contribution in [3.8, 4) is 27.5 Å². The van der Waals surface area contributed by atoms with Crippen molar-refractivity contribution in [2.75, 3.05) is 26.2 Å². The van der Waals surface area contributed by atoms with E-state index in [1.807, 2.05) is 73.5 Å². The molecule has 0 spiro atoms. The minimum Gasteiger partial charge on any atom is -0.336 e. The number of para-hydroxylation sites is 1. The minimum atomic E-state index is -0.274. The van der Waals surface area contributed by atoms with E-state index < -0.39 is 0 Å². The quantitative estimate of drug-likeness (QED) is 0.262. The summed E-state index contributed by atoms with van der Waals surface area (Å²) in [5.41, 5.74) is 5.15. The van der Waals surface area contributed by atoms with Crippen LogP contribution in [0, 0.1) is 0 Å². The van der Waals surface area contributed by atoms with Crippen molar-refractivity contribution in [1.82, 2.24) is 19.8 Å². The number of nitrogens with one attached hydrogen (secondary N) is 1. The summed E-state index contributed by atoms with van der Waals surface area (Å²) >= 11 is 14.2. The molecule has 206 valence electrons. The van der Waals surface area contributed by atoms with E-state index in [0.29, 0.717) is 57.1 Å². The summed E-state index contributed by atoms with van der Waals surface area (Å²) in [6, 6.07) is 14.8. The summed E-state index contributed by atoms with van der Waals surface area (Å²) in [6.45, 7) is 8.55. The molecule has 1 aliphatic rings. The number of allylic oxidation sites excluding steroid dienone is 1. The number of piperazine rings is 1. The highest BCUT2D eigenvalue weighted by Crippen LogP contribution is 2.33. The predicted molar refractivity (Wildman–Crippen MR) is 166 cm³/mol. The lowest BCUT2D eigenvalue weighted by molar-refractivity contribution is 0.0735. The summed E-state index contributed by atoms with van der Waals surface area (Å²) in [7, 11) is 0. The number of amides is 1. The number of hydrogen-bond donors (Lipinski definition) is 1. The number of aromatic nitrogens is 2. The molecule has 5 rings (SSSR count). The summed E-state index contributed by atoms with van der Waals surface area (Å²) in [5.74, 6) is -0.122. The zero-order chi connectivity index (χ0) is 28.4. The molecule has 0 atom stereocenters. The van der Waals surface area contributed by atoms with E-state index >= 15 is 0 Å². The third-order valence-electron chi connectivity index (χ3n) is 6.85. The normalized spacial score (nSPS) is 13.4. The molecule has 0 bridgehead atoms. The van der Waals surface area contributed by atoms with Gasteiger partial charge in [0.25, 0.3) is 11.5 Å². The van der Waals surface area contributed by atoms with Crippen LogP contribution in [0.3, 0.4) is 0 Å². The highest BCUT2D eigenvalue weighted by atomic mass is 35.5. The van der Waals surface area contributed by atoms with Crippen LogP contribution in [-0.4, -0.2) is 46.5 Å². The average molecular weight is 594 g/mol. The number of benzene rings is 2. The van der Waals surface area contributed by atoms with E-state index in [2.05, 4.69) is 5.32 Å². The Bertz CT molecular complexity index is 1650. The molecule has 2 aromatic carbocycles. The molecule has 0 radical (unpaired) electrons. The first kappa shape index (κ1) is 28.3. The van der Waals surface area contributed by atoms with Gasteiger partial charge in [0.05, 0.1) is 33.2 Å². The van der Waals surface area contributed by atoms with Crippen molar-refractivity contribution in [2.24, 2.45) is 0 Å². The maximum absolute atomic E-state index is 14.4. The van der Waals surface area contributed by atoms with Gasteiger partial charge in [0.1, 0.15) is 5.01 Å². The van der Waals surface area contributed by atoms with Crippen molar-refractivity contribution in [2.45, 2.75) is 27.2 Å². The zero-order valence-electron chi connectivity index (χ0n) is 22.6. The Morgan fingerprint density at radius 1 is 1.10 bits per heavy atom. The molecule has 1 fully saturated rings. The number of aryl methyl sites for hydroxylation is 1. The van der Waals surface area contributed by atoms with Crippen LogP contribution in [0.5, 0.6) is 0 Å². The van der Waals surface area contributed by atoms with Crippen molar-refractivity contribution in [3.63, 3.8) is 0 Å². The van der Waals surface area contributed by atoms with Gasteiger partial charge in [-0.1, -0.05) is 60.0 Å². The van der Waals surface area contributed by atoms with Crippen LogP contribution in [0.4, 0.5) is 0 Å². The third-order valence-corrected chi connectivity index (χ3v) is 8.28. The molecule has 1 N–H and O–H groups in total. The first-order valence-corrected chi connectivity index (χ1v) is 14.9. The Kier molecular flexibility index (Phi) is 8.57. The van der Waals surface area contributed by atoms with Gasteiger partial charge in [-0.3, -0.25) is 14.2 Å². The fourth-order valence-electron chi connectivity index (χ4n) is 4.88. The molecule has 0 saturated carbocycles. The molecule has 0 aliphatic carbocycles. The van der Waals surface area contributed by atoms with Crippen LogP contribution in [0.1, 0.15) is 42.4 Å². The lowest BCUT2D eigenvalue weighted by atomic mass is 10.0. The van der Waals surface area contributed by atoms with Gasteiger partial charge < -0.3 is 10.2 Å². The molecule has 40 heavy (non-hydrogen) atoms. The Hall–Kier alpha value is -3.23. The number of nitrogens with zero attached hydrogens (tertiary/aromatic N) is 3. The first-order valence-electron chi connectivity index (χ1n) is 13.2. The molecule has 1 saturated heterocycles. The average Bonchev–Trinajstić information content (AvgIpc) is 3.44. The van der Waals surface area contributed by atoms with E-state index in [1.54, 1.807) is 16.7 Å². The van der Waals surface area contributed by atoms with Gasteiger partial charge in [-0.15, -0.1) is 11.3 Å². The second-order valence-electron chi connectivity index (χ2n) is 9.91. The summed E-state index contributed by atoms with van der Waals surface area (Å²) < 4.78 is 1.61. The number of hydrogen-bond acceptors (Lipinski definition) is 5. The topological polar surface area (TPSA) is 67.2 Å².